The van der Waals surface area contributed by atoms with Gasteiger partial charge in [0.2, 0.25) is 5.91 Å². The third-order valence-corrected chi connectivity index (χ3v) is 4.90. The van der Waals surface area contributed by atoms with Crippen molar-refractivity contribution in [3.63, 3.8) is 0 Å². The van der Waals surface area contributed by atoms with E-state index in [9.17, 15) is 22.8 Å². The van der Waals surface area contributed by atoms with E-state index in [1.807, 2.05) is 0 Å². The fraction of sp³-hybridized carbons (Fsp3) is 0.333. The first kappa shape index (κ1) is 20.5. The number of halogens is 3. The third kappa shape index (κ3) is 4.62. The Balaban J connectivity index is 1.59. The largest absolute Gasteiger partial charge is 0.315 e. The molecule has 5 nitrogen and oxygen atoms in total. The Morgan fingerprint density at radius 3 is 2.55 bits per heavy atom. The number of alkyl halides is 2. The normalized spacial score (nSPS) is 17.3. The van der Waals surface area contributed by atoms with Crippen molar-refractivity contribution in [3.05, 3.63) is 65.2 Å². The number of Topliss-reactive ketones (excluding diaryl/α,β-unsaturated/α-hetero) is 1. The summed E-state index contributed by atoms with van der Waals surface area (Å²) in [5, 5.41) is 8.78. The number of amides is 1. The number of carbonyl (C=O) groups is 2. The molecule has 0 aliphatic carbocycles. The minimum Gasteiger partial charge on any atom is -0.315 e. The fourth-order valence-corrected chi connectivity index (χ4v) is 3.24. The smallest absolute Gasteiger partial charge is 0.298 e. The van der Waals surface area contributed by atoms with Gasteiger partial charge in [0, 0.05) is 30.8 Å². The molecule has 1 aliphatic heterocycles. The topological polar surface area (TPSA) is 74.1 Å². The van der Waals surface area contributed by atoms with Crippen molar-refractivity contribution in [3.8, 4) is 6.07 Å². The fourth-order valence-electron chi connectivity index (χ4n) is 3.24. The van der Waals surface area contributed by atoms with Crippen LogP contribution in [-0.4, -0.2) is 40.1 Å². The van der Waals surface area contributed by atoms with Gasteiger partial charge in [0.1, 0.15) is 5.82 Å². The molecule has 1 aliphatic rings. The summed E-state index contributed by atoms with van der Waals surface area (Å²) in [6.45, 7) is -0.795. The lowest BCUT2D eigenvalue weighted by molar-refractivity contribution is -0.181. The molecule has 0 N–H and O–H groups in total. The second kappa shape index (κ2) is 8.43. The molecule has 3 rings (SSSR count). The Morgan fingerprint density at radius 1 is 1.17 bits per heavy atom. The number of ketones is 1. The molecule has 0 radical (unpaired) electrons. The van der Waals surface area contributed by atoms with Gasteiger partial charge in [0.05, 0.1) is 12.6 Å². The monoisotopic (exact) mass is 401 g/mol. The van der Waals surface area contributed by atoms with Crippen LogP contribution in [0.2, 0.25) is 0 Å². The lowest BCUT2D eigenvalue weighted by Gasteiger charge is -2.43. The van der Waals surface area contributed by atoms with Crippen molar-refractivity contribution >= 4 is 11.7 Å². The number of benzene rings is 1. The summed E-state index contributed by atoms with van der Waals surface area (Å²) in [5.41, 5.74) is 2.02. The number of nitrogens with zero attached hydrogens (tertiary/aromatic N) is 3. The molecule has 29 heavy (non-hydrogen) atoms. The summed E-state index contributed by atoms with van der Waals surface area (Å²) in [5.74, 6) is -4.46. The highest BCUT2D eigenvalue weighted by molar-refractivity contribution is 5.99. The quantitative estimate of drug-likeness (QED) is 0.667. The number of nitriles is 1. The van der Waals surface area contributed by atoms with Crippen LogP contribution < -0.4 is 0 Å². The zero-order valence-corrected chi connectivity index (χ0v) is 15.4. The predicted octanol–water partition coefficient (Wildman–Crippen LogP) is 3.34. The van der Waals surface area contributed by atoms with Gasteiger partial charge in [0.15, 0.2) is 11.8 Å². The number of rotatable bonds is 7. The molecule has 1 amide bonds. The maximum absolute atomic E-state index is 13.3. The second-order valence-corrected chi connectivity index (χ2v) is 6.90. The highest BCUT2D eigenvalue weighted by Crippen LogP contribution is 2.34. The molecule has 0 unspecified atom stereocenters. The summed E-state index contributed by atoms with van der Waals surface area (Å²) in [6.07, 6.45) is 3.74. The molecule has 8 heteroatoms. The summed E-state index contributed by atoms with van der Waals surface area (Å²) in [6, 6.07) is 7.28. The van der Waals surface area contributed by atoms with E-state index in [0.717, 1.165) is 10.5 Å². The van der Waals surface area contributed by atoms with E-state index in [1.54, 1.807) is 24.4 Å². The molecule has 1 atom stereocenters. The standard InChI is InChI=1S/C21H18F3N3O2/c22-16-5-2-14(3-6-16)1-4-15-12-26-10-9-17(15)18(28)7-8-20(29)27-13-21(23,24)19(27)11-25/h2-3,5-6,9-10,12,19H,1,4,7-8,13H2/t19-/m1/s1. The third-order valence-electron chi connectivity index (χ3n) is 4.90. The van der Waals surface area contributed by atoms with Crippen molar-refractivity contribution in [2.75, 3.05) is 6.54 Å². The van der Waals surface area contributed by atoms with Crippen molar-refractivity contribution in [2.45, 2.75) is 37.6 Å². The minimum atomic E-state index is -3.20. The lowest BCUT2D eigenvalue weighted by atomic mass is 9.96. The molecule has 1 aromatic heterocycles. The van der Waals surface area contributed by atoms with Gasteiger partial charge in [-0.05, 0) is 42.2 Å². The summed E-state index contributed by atoms with van der Waals surface area (Å²) < 4.78 is 39.5. The molecule has 1 saturated heterocycles. The zero-order valence-electron chi connectivity index (χ0n) is 15.4. The van der Waals surface area contributed by atoms with Crippen LogP contribution in [0.25, 0.3) is 0 Å². The number of aromatic nitrogens is 1. The van der Waals surface area contributed by atoms with Crippen LogP contribution >= 0.6 is 0 Å². The second-order valence-electron chi connectivity index (χ2n) is 6.90. The molecule has 0 spiro atoms. The summed E-state index contributed by atoms with van der Waals surface area (Å²) in [4.78, 5) is 29.5. The van der Waals surface area contributed by atoms with Gasteiger partial charge in [0.25, 0.3) is 5.92 Å². The van der Waals surface area contributed by atoms with Crippen LogP contribution in [0.15, 0.2) is 42.7 Å². The van der Waals surface area contributed by atoms with Gasteiger partial charge >= 0.3 is 0 Å². The summed E-state index contributed by atoms with van der Waals surface area (Å²) >= 11 is 0. The lowest BCUT2D eigenvalue weighted by Crippen LogP contribution is -2.66. The molecule has 150 valence electrons. The van der Waals surface area contributed by atoms with Crippen molar-refractivity contribution in [1.82, 2.24) is 9.88 Å². The van der Waals surface area contributed by atoms with Gasteiger partial charge in [-0.3, -0.25) is 14.6 Å². The molecule has 2 heterocycles. The van der Waals surface area contributed by atoms with E-state index < -0.39 is 24.4 Å². The number of hydrogen-bond acceptors (Lipinski definition) is 4. The van der Waals surface area contributed by atoms with Gasteiger partial charge in [-0.2, -0.15) is 5.26 Å². The maximum atomic E-state index is 13.3. The Morgan fingerprint density at radius 2 is 1.90 bits per heavy atom. The highest BCUT2D eigenvalue weighted by atomic mass is 19.3. The van der Waals surface area contributed by atoms with E-state index in [-0.39, 0.29) is 24.4 Å². The maximum Gasteiger partial charge on any atom is 0.298 e. The zero-order chi connectivity index (χ0) is 21.0. The van der Waals surface area contributed by atoms with Crippen LogP contribution in [0.4, 0.5) is 13.2 Å². The van der Waals surface area contributed by atoms with Crippen molar-refractivity contribution in [1.29, 1.82) is 5.26 Å². The Labute approximate surface area is 165 Å². The van der Waals surface area contributed by atoms with Crippen LogP contribution in [0.3, 0.4) is 0 Å². The first-order valence-corrected chi connectivity index (χ1v) is 9.09. The average Bonchev–Trinajstić information content (AvgIpc) is 2.70. The molecule has 2 aromatic rings. The first-order valence-electron chi connectivity index (χ1n) is 9.09. The molecule has 1 aromatic carbocycles. The number of hydrogen-bond donors (Lipinski definition) is 0. The summed E-state index contributed by atoms with van der Waals surface area (Å²) in [7, 11) is 0. The van der Waals surface area contributed by atoms with Crippen LogP contribution in [-0.2, 0) is 17.6 Å². The van der Waals surface area contributed by atoms with Gasteiger partial charge in [-0.15, -0.1) is 0 Å². The SMILES string of the molecule is N#C[C@H]1N(C(=O)CCC(=O)c2ccncc2CCc2ccc(F)cc2)CC1(F)F. The molecule has 0 bridgehead atoms. The van der Waals surface area contributed by atoms with E-state index >= 15 is 0 Å². The number of carbonyl (C=O) groups excluding carboxylic acids is 2. The van der Waals surface area contributed by atoms with E-state index in [1.165, 1.54) is 24.4 Å². The van der Waals surface area contributed by atoms with Gasteiger partial charge in [-0.1, -0.05) is 12.1 Å². The number of likely N-dealkylation sites (tertiary alicyclic amines) is 1. The molecular formula is C21H18F3N3O2. The van der Waals surface area contributed by atoms with Crippen molar-refractivity contribution < 1.29 is 22.8 Å². The molecular weight excluding hydrogens is 383 g/mol. The Hall–Kier alpha value is -3.21. The van der Waals surface area contributed by atoms with Crippen LogP contribution in [0.5, 0.6) is 0 Å². The van der Waals surface area contributed by atoms with Crippen molar-refractivity contribution in [2.24, 2.45) is 0 Å². The average molecular weight is 401 g/mol. The van der Waals surface area contributed by atoms with Gasteiger partial charge < -0.3 is 4.90 Å². The van der Waals surface area contributed by atoms with Crippen LogP contribution in [0, 0.1) is 17.1 Å². The minimum absolute atomic E-state index is 0.146. The van der Waals surface area contributed by atoms with Crippen LogP contribution in [0.1, 0.15) is 34.3 Å². The Bertz CT molecular complexity index is 954. The number of pyridine rings is 1. The van der Waals surface area contributed by atoms with E-state index in [4.69, 9.17) is 5.26 Å². The Kier molecular flexibility index (Phi) is 5.97. The highest BCUT2D eigenvalue weighted by Gasteiger charge is 2.57. The van der Waals surface area contributed by atoms with E-state index in [2.05, 4.69) is 4.98 Å². The van der Waals surface area contributed by atoms with Gasteiger partial charge in [-0.25, -0.2) is 13.2 Å². The van der Waals surface area contributed by atoms with E-state index in [0.29, 0.717) is 24.0 Å². The first-order chi connectivity index (χ1) is 13.8. The molecule has 1 fully saturated rings. The number of aryl methyl sites for hydroxylation is 2. The molecule has 0 saturated carbocycles. The predicted molar refractivity (Wildman–Crippen MR) is 97.7 cm³/mol.